The molecule has 0 saturated carbocycles. The predicted octanol–water partition coefficient (Wildman–Crippen LogP) is 4.61. The smallest absolute Gasteiger partial charge is 0.323 e. The Morgan fingerprint density at radius 3 is 1.92 bits per heavy atom. The molecule has 0 aliphatic rings. The molecule has 0 amide bonds. The lowest BCUT2D eigenvalue weighted by Crippen LogP contribution is -2.42. The predicted molar refractivity (Wildman–Crippen MR) is 97.5 cm³/mol. The lowest BCUT2D eigenvalue weighted by molar-refractivity contribution is -0.172. The first-order valence-corrected chi connectivity index (χ1v) is 8.45. The minimum absolute atomic E-state index is 0.0133. The van der Waals surface area contributed by atoms with Gasteiger partial charge in [0, 0.05) is 0 Å². The van der Waals surface area contributed by atoms with Gasteiger partial charge in [-0.1, -0.05) is 51.2 Å². The summed E-state index contributed by atoms with van der Waals surface area (Å²) in [5.41, 5.74) is -0.699. The molecule has 0 fully saturated rings. The molecule has 0 aliphatic carbocycles. The zero-order valence-electron chi connectivity index (χ0n) is 15.8. The van der Waals surface area contributed by atoms with E-state index in [-0.39, 0.29) is 31.5 Å². The molecule has 0 radical (unpaired) electrons. The van der Waals surface area contributed by atoms with E-state index in [4.69, 9.17) is 9.47 Å². The number of carbonyl (C=O) groups excluding carboxylic acids is 2. The Morgan fingerprint density at radius 2 is 1.54 bits per heavy atom. The third-order valence-electron chi connectivity index (χ3n) is 3.46. The maximum absolute atomic E-state index is 12.6. The molecular formula is C20H32O4. The summed E-state index contributed by atoms with van der Waals surface area (Å²) < 4.78 is 10.4. The van der Waals surface area contributed by atoms with Gasteiger partial charge in [0.05, 0.1) is 13.2 Å². The number of ether oxygens (including phenoxy) is 2. The lowest BCUT2D eigenvalue weighted by Gasteiger charge is -2.29. The summed E-state index contributed by atoms with van der Waals surface area (Å²) in [5, 5.41) is 0. The third-order valence-corrected chi connectivity index (χ3v) is 3.46. The molecule has 0 bridgehead atoms. The van der Waals surface area contributed by atoms with Gasteiger partial charge in [-0.2, -0.15) is 0 Å². The molecule has 0 heterocycles. The normalized spacial score (nSPS) is 12.0. The van der Waals surface area contributed by atoms with E-state index < -0.39 is 17.4 Å². The quantitative estimate of drug-likeness (QED) is 0.253. The molecule has 4 heteroatoms. The van der Waals surface area contributed by atoms with E-state index in [1.54, 1.807) is 19.9 Å². The minimum Gasteiger partial charge on any atom is -0.465 e. The molecule has 0 saturated heterocycles. The van der Waals surface area contributed by atoms with Crippen molar-refractivity contribution in [2.45, 2.75) is 53.9 Å². The fourth-order valence-electron chi connectivity index (χ4n) is 2.22. The highest BCUT2D eigenvalue weighted by Gasteiger charge is 2.48. The van der Waals surface area contributed by atoms with Crippen LogP contribution < -0.4 is 0 Å². The van der Waals surface area contributed by atoms with Gasteiger partial charge < -0.3 is 9.47 Å². The third kappa shape index (κ3) is 7.16. The van der Waals surface area contributed by atoms with Gasteiger partial charge in [-0.05, 0) is 38.5 Å². The van der Waals surface area contributed by atoms with Gasteiger partial charge in [0.2, 0.25) is 0 Å². The molecule has 4 nitrogen and oxygen atoms in total. The first-order chi connectivity index (χ1) is 11.1. The van der Waals surface area contributed by atoms with Gasteiger partial charge in [0.15, 0.2) is 5.41 Å². The van der Waals surface area contributed by atoms with Crippen LogP contribution in [0.15, 0.2) is 37.0 Å². The van der Waals surface area contributed by atoms with Crippen molar-refractivity contribution in [2.24, 2.45) is 10.8 Å². The van der Waals surface area contributed by atoms with E-state index in [0.29, 0.717) is 12.0 Å². The highest BCUT2D eigenvalue weighted by Crippen LogP contribution is 2.36. The van der Waals surface area contributed by atoms with Crippen LogP contribution in [-0.4, -0.2) is 25.2 Å². The van der Waals surface area contributed by atoms with Crippen molar-refractivity contribution < 1.29 is 19.1 Å². The number of carbonyl (C=O) groups is 2. The van der Waals surface area contributed by atoms with Gasteiger partial charge in [-0.15, -0.1) is 6.58 Å². The van der Waals surface area contributed by atoms with Crippen LogP contribution in [0.2, 0.25) is 0 Å². The number of esters is 2. The highest BCUT2D eigenvalue weighted by molar-refractivity contribution is 6.00. The van der Waals surface area contributed by atoms with Crippen LogP contribution in [0.1, 0.15) is 53.9 Å². The van der Waals surface area contributed by atoms with Crippen LogP contribution >= 0.6 is 0 Å². The Hall–Kier alpha value is -1.84. The molecular weight excluding hydrogens is 304 g/mol. The maximum atomic E-state index is 12.6. The molecule has 136 valence electrons. The van der Waals surface area contributed by atoms with Gasteiger partial charge in [-0.3, -0.25) is 9.59 Å². The van der Waals surface area contributed by atoms with Crippen molar-refractivity contribution in [3.05, 3.63) is 37.0 Å². The number of allylic oxidation sites excluding steroid dienone is 4. The monoisotopic (exact) mass is 336 g/mol. The van der Waals surface area contributed by atoms with Crippen molar-refractivity contribution in [1.29, 1.82) is 0 Å². The second-order valence-electron chi connectivity index (χ2n) is 6.88. The summed E-state index contributed by atoms with van der Waals surface area (Å²) in [7, 11) is 0. The van der Waals surface area contributed by atoms with Gasteiger partial charge in [0.25, 0.3) is 0 Å². The minimum atomic E-state index is -1.38. The average Bonchev–Trinajstić information content (AvgIpc) is 2.49. The molecule has 0 aliphatic heterocycles. The highest BCUT2D eigenvalue weighted by atomic mass is 16.6. The van der Waals surface area contributed by atoms with Crippen molar-refractivity contribution in [3.63, 3.8) is 0 Å². The summed E-state index contributed by atoms with van der Waals surface area (Å²) >= 11 is 0. The standard InChI is InChI=1S/C20H32O4/c1-8-11-13-20(17(21)23-9-2,18(22)24-10-3)15-16(4)12-14-19(5,6)7/h8,12,14H,1,4,9-11,13,15H2,2-3,5-7H3/b14-12+. The second-order valence-corrected chi connectivity index (χ2v) is 6.88. The van der Waals surface area contributed by atoms with Crippen molar-refractivity contribution in [3.8, 4) is 0 Å². The number of hydrogen-bond donors (Lipinski definition) is 0. The van der Waals surface area contributed by atoms with Crippen LogP contribution in [0.5, 0.6) is 0 Å². The van der Waals surface area contributed by atoms with Crippen molar-refractivity contribution in [1.82, 2.24) is 0 Å². The van der Waals surface area contributed by atoms with Crippen molar-refractivity contribution in [2.75, 3.05) is 13.2 Å². The molecule has 0 rings (SSSR count). The van der Waals surface area contributed by atoms with Crippen LogP contribution in [0, 0.1) is 10.8 Å². The Morgan fingerprint density at radius 1 is 1.04 bits per heavy atom. The van der Waals surface area contributed by atoms with Crippen LogP contribution in [-0.2, 0) is 19.1 Å². The largest absolute Gasteiger partial charge is 0.465 e. The Kier molecular flexibility index (Phi) is 9.34. The summed E-state index contributed by atoms with van der Waals surface area (Å²) in [5.74, 6) is -1.12. The van der Waals surface area contributed by atoms with E-state index in [9.17, 15) is 9.59 Å². The van der Waals surface area contributed by atoms with E-state index in [1.165, 1.54) is 0 Å². The molecule has 0 aromatic heterocycles. The first kappa shape index (κ1) is 22.2. The zero-order chi connectivity index (χ0) is 18.8. The molecule has 0 aromatic rings. The van der Waals surface area contributed by atoms with E-state index in [1.807, 2.05) is 12.2 Å². The second kappa shape index (κ2) is 10.1. The fourth-order valence-corrected chi connectivity index (χ4v) is 2.22. The topological polar surface area (TPSA) is 52.6 Å². The van der Waals surface area contributed by atoms with E-state index >= 15 is 0 Å². The molecule has 0 N–H and O–H groups in total. The summed E-state index contributed by atoms with van der Waals surface area (Å²) in [6, 6.07) is 0. The first-order valence-electron chi connectivity index (χ1n) is 8.45. The summed E-state index contributed by atoms with van der Waals surface area (Å²) in [6.07, 6.45) is 6.52. The van der Waals surface area contributed by atoms with Gasteiger partial charge >= 0.3 is 11.9 Å². The zero-order valence-corrected chi connectivity index (χ0v) is 15.8. The van der Waals surface area contributed by atoms with E-state index in [0.717, 1.165) is 0 Å². The molecule has 0 spiro atoms. The molecule has 0 unspecified atom stereocenters. The Bertz CT molecular complexity index is 462. The SMILES string of the molecule is C=CCCC(CC(=C)/C=C/C(C)(C)C)(C(=O)OCC)C(=O)OCC. The van der Waals surface area contributed by atoms with Crippen LogP contribution in [0.3, 0.4) is 0 Å². The van der Waals surface area contributed by atoms with Crippen molar-refractivity contribution >= 4 is 11.9 Å². The van der Waals surface area contributed by atoms with Crippen LogP contribution in [0.4, 0.5) is 0 Å². The maximum Gasteiger partial charge on any atom is 0.323 e. The Balaban J connectivity index is 5.65. The fraction of sp³-hybridized carbons (Fsp3) is 0.600. The van der Waals surface area contributed by atoms with Gasteiger partial charge in [-0.25, -0.2) is 0 Å². The molecule has 0 aromatic carbocycles. The number of rotatable bonds is 10. The summed E-state index contributed by atoms with van der Waals surface area (Å²) in [6.45, 7) is 17.7. The number of hydrogen-bond acceptors (Lipinski definition) is 4. The van der Waals surface area contributed by atoms with E-state index in [2.05, 4.69) is 33.9 Å². The average molecular weight is 336 g/mol. The summed E-state index contributed by atoms with van der Waals surface area (Å²) in [4.78, 5) is 25.2. The molecule has 24 heavy (non-hydrogen) atoms. The lowest BCUT2D eigenvalue weighted by atomic mass is 9.77. The van der Waals surface area contributed by atoms with Gasteiger partial charge in [0.1, 0.15) is 0 Å². The van der Waals surface area contributed by atoms with Crippen LogP contribution in [0.25, 0.3) is 0 Å². The molecule has 0 atom stereocenters. The Labute approximate surface area is 146 Å².